The van der Waals surface area contributed by atoms with Gasteiger partial charge in [0.15, 0.2) is 10.3 Å². The van der Waals surface area contributed by atoms with Crippen LogP contribution in [0, 0.1) is 5.41 Å². The molecule has 0 atom stereocenters. The van der Waals surface area contributed by atoms with Crippen molar-refractivity contribution in [2.24, 2.45) is 5.73 Å². The number of carbonyl (C=O) groups is 2. The molecular formula is C10H16N4O2S2. The molecule has 0 unspecified atom stereocenters. The highest BCUT2D eigenvalue weighted by Crippen LogP contribution is 2.12. The molecule has 0 saturated carbocycles. The Kier molecular flexibility index (Phi) is 5.54. The fraction of sp³-hybridized carbons (Fsp3) is 0.600. The smallest absolute Gasteiger partial charge is 0.318 e. The maximum atomic E-state index is 11.5. The van der Waals surface area contributed by atoms with Crippen molar-refractivity contribution >= 4 is 46.1 Å². The van der Waals surface area contributed by atoms with E-state index in [1.165, 1.54) is 28.6 Å². The zero-order chi connectivity index (χ0) is 13.7. The number of rotatable bonds is 6. The lowest BCUT2D eigenvalue weighted by Gasteiger charge is -2.15. The lowest BCUT2D eigenvalue weighted by Crippen LogP contribution is -2.32. The lowest BCUT2D eigenvalue weighted by molar-refractivity contribution is -0.142. The van der Waals surface area contributed by atoms with Gasteiger partial charge < -0.3 is 5.73 Å². The first kappa shape index (κ1) is 14.9. The fourth-order valence-electron chi connectivity index (χ4n) is 1.54. The summed E-state index contributed by atoms with van der Waals surface area (Å²) < 4.78 is 0. The van der Waals surface area contributed by atoms with Crippen LogP contribution in [0.5, 0.6) is 0 Å². The molecule has 100 valence electrons. The molecule has 0 aromatic carbocycles. The number of carbonyl (C=O) groups excluding carboxylic acids is 2. The zero-order valence-corrected chi connectivity index (χ0v) is 11.8. The van der Waals surface area contributed by atoms with Gasteiger partial charge >= 0.3 is 11.8 Å². The van der Waals surface area contributed by atoms with Crippen LogP contribution in [0.4, 0.5) is 0 Å². The summed E-state index contributed by atoms with van der Waals surface area (Å²) in [6, 6.07) is 0. The number of hydrogen-bond acceptors (Lipinski definition) is 5. The average Bonchev–Trinajstić information content (AvgIpc) is 2.50. The van der Waals surface area contributed by atoms with Crippen LogP contribution in [0.15, 0.2) is 0 Å². The van der Waals surface area contributed by atoms with Crippen molar-refractivity contribution in [2.75, 3.05) is 19.3 Å². The number of hydrogen-bond donors (Lipinski definition) is 2. The van der Waals surface area contributed by atoms with Gasteiger partial charge in [-0.25, -0.2) is 0 Å². The van der Waals surface area contributed by atoms with Crippen molar-refractivity contribution in [2.45, 2.75) is 19.3 Å². The van der Waals surface area contributed by atoms with Crippen molar-refractivity contribution in [3.05, 3.63) is 0 Å². The molecule has 0 spiro atoms. The third-order valence-electron chi connectivity index (χ3n) is 2.53. The molecule has 18 heavy (non-hydrogen) atoms. The van der Waals surface area contributed by atoms with Gasteiger partial charge in [0.05, 0.1) is 0 Å². The van der Waals surface area contributed by atoms with E-state index in [9.17, 15) is 9.59 Å². The van der Waals surface area contributed by atoms with Crippen LogP contribution in [0.1, 0.15) is 19.3 Å². The predicted octanol–water partition coefficient (Wildman–Crippen LogP) is 0.369. The molecule has 8 heteroatoms. The summed E-state index contributed by atoms with van der Waals surface area (Å²) in [6.45, 7) is 0.471. The molecule has 0 aromatic rings. The molecule has 1 aliphatic heterocycles. The maximum absolute atomic E-state index is 11.5. The second-order valence-corrected chi connectivity index (χ2v) is 5.38. The third kappa shape index (κ3) is 3.67. The molecule has 1 fully saturated rings. The van der Waals surface area contributed by atoms with Gasteiger partial charge in [0, 0.05) is 19.3 Å². The minimum Gasteiger partial charge on any atom is -0.379 e. The van der Waals surface area contributed by atoms with Gasteiger partial charge in [0.1, 0.15) is 0 Å². The Morgan fingerprint density at radius 2 is 2.00 bits per heavy atom. The molecule has 0 radical (unpaired) electrons. The summed E-state index contributed by atoms with van der Waals surface area (Å²) in [6.07, 6.45) is 2.61. The second kappa shape index (κ2) is 6.69. The summed E-state index contributed by atoms with van der Waals surface area (Å²) in [4.78, 5) is 25.4. The van der Waals surface area contributed by atoms with E-state index in [1.54, 1.807) is 0 Å². The van der Waals surface area contributed by atoms with E-state index in [1.807, 2.05) is 0 Å². The van der Waals surface area contributed by atoms with Gasteiger partial charge in [-0.05, 0) is 25.1 Å². The Morgan fingerprint density at radius 1 is 1.33 bits per heavy atom. The monoisotopic (exact) mass is 288 g/mol. The molecule has 1 heterocycles. The van der Waals surface area contributed by atoms with Crippen molar-refractivity contribution in [1.29, 1.82) is 5.41 Å². The number of thiocarbonyl (C=S) groups is 1. The highest BCUT2D eigenvalue weighted by atomic mass is 32.2. The normalized spacial score (nSPS) is 15.7. The number of amidine groups is 1. The zero-order valence-electron chi connectivity index (χ0n) is 10.1. The molecule has 0 aliphatic carbocycles. The minimum absolute atomic E-state index is 0.123. The minimum atomic E-state index is -0.563. The molecule has 2 amide bonds. The summed E-state index contributed by atoms with van der Waals surface area (Å²) in [5.41, 5.74) is 5.21. The average molecular weight is 288 g/mol. The first-order chi connectivity index (χ1) is 8.45. The van der Waals surface area contributed by atoms with Crippen molar-refractivity contribution in [3.8, 4) is 0 Å². The Balaban J connectivity index is 2.24. The molecule has 1 saturated heterocycles. The molecule has 1 rings (SSSR count). The highest BCUT2D eigenvalue weighted by Gasteiger charge is 2.38. The number of nitrogens with two attached hydrogens (primary N) is 1. The van der Waals surface area contributed by atoms with E-state index in [-0.39, 0.29) is 10.3 Å². The van der Waals surface area contributed by atoms with E-state index in [0.29, 0.717) is 6.54 Å². The van der Waals surface area contributed by atoms with Crippen molar-refractivity contribution < 1.29 is 9.59 Å². The Labute approximate surface area is 115 Å². The van der Waals surface area contributed by atoms with E-state index in [4.69, 9.17) is 23.4 Å². The Bertz CT molecular complexity index is 386. The van der Waals surface area contributed by atoms with E-state index >= 15 is 0 Å². The summed E-state index contributed by atoms with van der Waals surface area (Å²) in [5.74, 6) is -0.306. The van der Waals surface area contributed by atoms with Crippen LogP contribution in [-0.2, 0) is 9.59 Å². The van der Waals surface area contributed by atoms with Gasteiger partial charge in [-0.2, -0.15) is 0 Å². The number of nitrogens with zero attached hydrogens (tertiary/aromatic N) is 2. The maximum Gasteiger partial charge on any atom is 0.318 e. The van der Waals surface area contributed by atoms with Crippen LogP contribution < -0.4 is 5.73 Å². The van der Waals surface area contributed by atoms with Crippen molar-refractivity contribution in [1.82, 2.24) is 9.80 Å². The Morgan fingerprint density at radius 3 is 2.50 bits per heavy atom. The van der Waals surface area contributed by atoms with Crippen molar-refractivity contribution in [3.63, 3.8) is 0 Å². The van der Waals surface area contributed by atoms with Gasteiger partial charge in [0.2, 0.25) is 0 Å². The SMILES string of the molecule is CN1C(=O)C(=O)N(CCCCCSC(=N)N)C1=S. The molecule has 0 aromatic heterocycles. The largest absolute Gasteiger partial charge is 0.379 e. The number of unbranched alkanes of at least 4 members (excludes halogenated alkanes) is 2. The fourth-order valence-corrected chi connectivity index (χ4v) is 2.37. The standard InChI is InChI=1S/C10H16N4O2S2/c1-13-7(15)8(16)14(10(13)17)5-3-2-4-6-18-9(11)12/h2-6H2,1H3,(H3,11,12). The van der Waals surface area contributed by atoms with Crippen LogP contribution in [-0.4, -0.2) is 51.2 Å². The summed E-state index contributed by atoms with van der Waals surface area (Å²) in [5, 5.41) is 7.44. The van der Waals surface area contributed by atoms with Crippen LogP contribution >= 0.6 is 24.0 Å². The number of amides is 2. The van der Waals surface area contributed by atoms with Gasteiger partial charge in [-0.15, -0.1) is 0 Å². The molecule has 0 bridgehead atoms. The van der Waals surface area contributed by atoms with Gasteiger partial charge in [-0.3, -0.25) is 24.8 Å². The third-order valence-corrected chi connectivity index (χ3v) is 3.83. The van der Waals surface area contributed by atoms with Crippen LogP contribution in [0.25, 0.3) is 0 Å². The molecule has 1 aliphatic rings. The number of nitrogens with one attached hydrogen (secondary N) is 1. The Hall–Kier alpha value is -1.15. The predicted molar refractivity (Wildman–Crippen MR) is 75.3 cm³/mol. The first-order valence-electron chi connectivity index (χ1n) is 5.55. The summed E-state index contributed by atoms with van der Waals surface area (Å²) in [7, 11) is 1.51. The molecule has 3 N–H and O–H groups in total. The van der Waals surface area contributed by atoms with E-state index in [2.05, 4.69) is 0 Å². The lowest BCUT2D eigenvalue weighted by atomic mass is 10.2. The first-order valence-corrected chi connectivity index (χ1v) is 6.95. The van der Waals surface area contributed by atoms with Gasteiger partial charge in [0.25, 0.3) is 0 Å². The van der Waals surface area contributed by atoms with Crippen LogP contribution in [0.3, 0.4) is 0 Å². The second-order valence-electron chi connectivity index (χ2n) is 3.88. The van der Waals surface area contributed by atoms with E-state index < -0.39 is 11.8 Å². The summed E-state index contributed by atoms with van der Waals surface area (Å²) >= 11 is 6.32. The number of likely N-dealkylation sites (N-methyl/N-ethyl adjacent to an activating group) is 1. The van der Waals surface area contributed by atoms with Gasteiger partial charge in [-0.1, -0.05) is 18.2 Å². The quantitative estimate of drug-likeness (QED) is 0.242. The molecular weight excluding hydrogens is 272 g/mol. The van der Waals surface area contributed by atoms with E-state index in [0.717, 1.165) is 25.0 Å². The topological polar surface area (TPSA) is 90.5 Å². The molecule has 6 nitrogen and oxygen atoms in total. The van der Waals surface area contributed by atoms with Crippen LogP contribution in [0.2, 0.25) is 0 Å². The highest BCUT2D eigenvalue weighted by molar-refractivity contribution is 8.13. The number of thioether (sulfide) groups is 1.